The Hall–Kier alpha value is -2.89. The van der Waals surface area contributed by atoms with Crippen molar-refractivity contribution in [1.82, 2.24) is 0 Å². The van der Waals surface area contributed by atoms with E-state index in [0.29, 0.717) is 19.3 Å². The molecule has 0 aromatic carbocycles. The molecule has 6 heteroatoms. The van der Waals surface area contributed by atoms with Crippen LogP contribution in [0.5, 0.6) is 0 Å². The van der Waals surface area contributed by atoms with Crippen LogP contribution >= 0.6 is 0 Å². The molecule has 1 atom stereocenters. The van der Waals surface area contributed by atoms with Crippen LogP contribution in [0.4, 0.5) is 0 Å². The van der Waals surface area contributed by atoms with Crippen molar-refractivity contribution >= 4 is 17.9 Å². The number of hydrogen-bond acceptors (Lipinski definition) is 6. The normalized spacial score (nSPS) is 12.5. The fraction of sp³-hybridized carbons (Fsp3) is 0.750. The minimum Gasteiger partial charge on any atom is -0.462 e. The Bertz CT molecular complexity index is 1070. The largest absolute Gasteiger partial charge is 0.462 e. The van der Waals surface area contributed by atoms with Gasteiger partial charge in [0.15, 0.2) is 6.10 Å². The van der Waals surface area contributed by atoms with Gasteiger partial charge in [0.1, 0.15) is 13.2 Å². The van der Waals surface area contributed by atoms with Gasteiger partial charge in [-0.2, -0.15) is 0 Å². The van der Waals surface area contributed by atoms with Gasteiger partial charge in [0.2, 0.25) is 0 Å². The van der Waals surface area contributed by atoms with Crippen LogP contribution in [-0.4, -0.2) is 37.2 Å². The number of unbranched alkanes of at least 4 members (excludes halogenated alkanes) is 24. The van der Waals surface area contributed by atoms with Gasteiger partial charge in [-0.05, 0) is 83.5 Å². The highest BCUT2D eigenvalue weighted by Crippen LogP contribution is 2.14. The van der Waals surface area contributed by atoms with Crippen molar-refractivity contribution in [3.8, 4) is 0 Å². The molecule has 1 unspecified atom stereocenters. The summed E-state index contributed by atoms with van der Waals surface area (Å²) in [5.74, 6) is -0.926. The van der Waals surface area contributed by atoms with Crippen molar-refractivity contribution in [2.45, 2.75) is 239 Å². The van der Waals surface area contributed by atoms with E-state index in [0.717, 1.165) is 89.9 Å². The van der Waals surface area contributed by atoms with E-state index >= 15 is 0 Å². The number of carbonyl (C=O) groups is 3. The summed E-state index contributed by atoms with van der Waals surface area (Å²) in [6.45, 7) is 6.43. The molecule has 0 aliphatic carbocycles. The van der Waals surface area contributed by atoms with Crippen LogP contribution in [0.25, 0.3) is 0 Å². The molecule has 0 aromatic rings. The van der Waals surface area contributed by atoms with Crippen molar-refractivity contribution in [2.75, 3.05) is 13.2 Å². The summed E-state index contributed by atoms with van der Waals surface area (Å²) in [5.41, 5.74) is 0. The summed E-state index contributed by atoms with van der Waals surface area (Å²) in [6, 6.07) is 0. The predicted molar refractivity (Wildman–Crippen MR) is 247 cm³/mol. The second kappa shape index (κ2) is 46.8. The lowest BCUT2D eigenvalue weighted by Gasteiger charge is -2.18. The quantitative estimate of drug-likeness (QED) is 0.0201. The van der Waals surface area contributed by atoms with E-state index in [1.165, 1.54) is 103 Å². The molecular formula is C52H90O6. The molecule has 6 nitrogen and oxygen atoms in total. The molecule has 0 rings (SSSR count). The minimum atomic E-state index is -0.788. The lowest BCUT2D eigenvalue weighted by Crippen LogP contribution is -2.30. The highest BCUT2D eigenvalue weighted by atomic mass is 16.6. The van der Waals surface area contributed by atoms with Crippen LogP contribution in [0.15, 0.2) is 60.8 Å². The smallest absolute Gasteiger partial charge is 0.306 e. The first-order valence-corrected chi connectivity index (χ1v) is 24.3. The third-order valence-corrected chi connectivity index (χ3v) is 10.3. The number of carbonyl (C=O) groups excluding carboxylic acids is 3. The fourth-order valence-corrected chi connectivity index (χ4v) is 6.59. The van der Waals surface area contributed by atoms with E-state index in [9.17, 15) is 14.4 Å². The Kier molecular flexibility index (Phi) is 44.5. The SMILES string of the molecule is CC\C=C/C=C\C=C/CCCCCCCCCC(=O)OCC(COC(=O)CCCCCCC/C=C\CCCC)OC(=O)CCCCC/C=C\CCCCCCCCC. The van der Waals surface area contributed by atoms with Gasteiger partial charge < -0.3 is 14.2 Å². The molecule has 0 saturated carbocycles. The Labute approximate surface area is 358 Å². The molecule has 0 spiro atoms. The van der Waals surface area contributed by atoms with Crippen LogP contribution in [0.1, 0.15) is 233 Å². The molecule has 0 saturated heterocycles. The second-order valence-electron chi connectivity index (χ2n) is 16.0. The third-order valence-electron chi connectivity index (χ3n) is 10.3. The van der Waals surface area contributed by atoms with Crippen LogP contribution in [0.2, 0.25) is 0 Å². The average Bonchev–Trinajstić information content (AvgIpc) is 3.22. The summed E-state index contributed by atoms with van der Waals surface area (Å²) in [6.07, 6.45) is 56.3. The molecule has 0 bridgehead atoms. The van der Waals surface area contributed by atoms with Gasteiger partial charge in [0.25, 0.3) is 0 Å². The molecule has 0 heterocycles. The molecule has 0 N–H and O–H groups in total. The van der Waals surface area contributed by atoms with Crippen LogP contribution in [0, 0.1) is 0 Å². The van der Waals surface area contributed by atoms with Gasteiger partial charge in [0, 0.05) is 19.3 Å². The first kappa shape index (κ1) is 55.1. The van der Waals surface area contributed by atoms with E-state index in [-0.39, 0.29) is 31.1 Å². The summed E-state index contributed by atoms with van der Waals surface area (Å²) in [4.78, 5) is 37.8. The predicted octanol–water partition coefficient (Wildman–Crippen LogP) is 15.7. The van der Waals surface area contributed by atoms with Crippen molar-refractivity contribution in [3.05, 3.63) is 60.8 Å². The average molecular weight is 811 g/mol. The topological polar surface area (TPSA) is 78.9 Å². The summed E-state index contributed by atoms with van der Waals surface area (Å²) < 4.78 is 16.7. The maximum atomic E-state index is 12.7. The Morgan fingerprint density at radius 2 is 0.707 bits per heavy atom. The molecule has 334 valence electrons. The highest BCUT2D eigenvalue weighted by molar-refractivity contribution is 5.71. The number of hydrogen-bond donors (Lipinski definition) is 0. The zero-order chi connectivity index (χ0) is 42.3. The molecule has 0 amide bonds. The molecule has 0 radical (unpaired) electrons. The van der Waals surface area contributed by atoms with E-state index in [1.807, 2.05) is 0 Å². The first-order valence-electron chi connectivity index (χ1n) is 24.3. The molecule has 0 aliphatic heterocycles. The van der Waals surface area contributed by atoms with Gasteiger partial charge >= 0.3 is 17.9 Å². The number of rotatable bonds is 43. The second-order valence-corrected chi connectivity index (χ2v) is 16.0. The standard InChI is InChI=1S/C52H90O6/c1-4-7-10-13-16-19-22-24-26-28-30-33-36-39-42-45-51(54)57-48-49(47-56-50(53)44-41-38-35-32-29-21-18-15-12-9-6-3)58-52(55)46-43-40-37-34-31-27-25-23-20-17-14-11-8-5-2/h7,10,13,15-16,18-19,22,27,31,49H,4-6,8-9,11-12,14,17,20-21,23-26,28-30,32-48H2,1-3H3/b10-7-,16-13-,18-15-,22-19-,31-27-. The van der Waals surface area contributed by atoms with E-state index in [4.69, 9.17) is 14.2 Å². The van der Waals surface area contributed by atoms with Crippen molar-refractivity contribution < 1.29 is 28.6 Å². The van der Waals surface area contributed by atoms with E-state index in [2.05, 4.69) is 81.5 Å². The van der Waals surface area contributed by atoms with Gasteiger partial charge in [-0.3, -0.25) is 14.4 Å². The Morgan fingerprint density at radius 3 is 1.16 bits per heavy atom. The number of esters is 3. The lowest BCUT2D eigenvalue weighted by molar-refractivity contribution is -0.167. The number of ether oxygens (including phenoxy) is 3. The first-order chi connectivity index (χ1) is 28.5. The van der Waals surface area contributed by atoms with Crippen molar-refractivity contribution in [3.63, 3.8) is 0 Å². The molecule has 58 heavy (non-hydrogen) atoms. The highest BCUT2D eigenvalue weighted by Gasteiger charge is 2.19. The zero-order valence-corrected chi connectivity index (χ0v) is 38.0. The van der Waals surface area contributed by atoms with Gasteiger partial charge in [0.05, 0.1) is 0 Å². The van der Waals surface area contributed by atoms with Gasteiger partial charge in [-0.15, -0.1) is 0 Å². The van der Waals surface area contributed by atoms with Gasteiger partial charge in [-0.1, -0.05) is 191 Å². The third kappa shape index (κ3) is 44.2. The van der Waals surface area contributed by atoms with Crippen LogP contribution < -0.4 is 0 Å². The molecule has 0 aromatic heterocycles. The van der Waals surface area contributed by atoms with Crippen LogP contribution in [-0.2, 0) is 28.6 Å². The summed E-state index contributed by atoms with van der Waals surface area (Å²) in [5, 5.41) is 0. The summed E-state index contributed by atoms with van der Waals surface area (Å²) >= 11 is 0. The zero-order valence-electron chi connectivity index (χ0n) is 38.0. The van der Waals surface area contributed by atoms with E-state index < -0.39 is 6.10 Å². The summed E-state index contributed by atoms with van der Waals surface area (Å²) in [7, 11) is 0. The Morgan fingerprint density at radius 1 is 0.362 bits per heavy atom. The molecule has 0 aliphatic rings. The van der Waals surface area contributed by atoms with Gasteiger partial charge in [-0.25, -0.2) is 0 Å². The maximum absolute atomic E-state index is 12.7. The molecule has 0 fully saturated rings. The van der Waals surface area contributed by atoms with E-state index in [1.54, 1.807) is 0 Å². The van der Waals surface area contributed by atoms with Crippen molar-refractivity contribution in [2.24, 2.45) is 0 Å². The van der Waals surface area contributed by atoms with Crippen molar-refractivity contribution in [1.29, 1.82) is 0 Å². The fourth-order valence-electron chi connectivity index (χ4n) is 6.59. The molecular weight excluding hydrogens is 721 g/mol. The minimum absolute atomic E-state index is 0.0887. The lowest BCUT2D eigenvalue weighted by atomic mass is 10.1. The Balaban J connectivity index is 4.42. The monoisotopic (exact) mass is 811 g/mol. The maximum Gasteiger partial charge on any atom is 0.306 e. The number of allylic oxidation sites excluding steroid dienone is 10. The van der Waals surface area contributed by atoms with Crippen LogP contribution in [0.3, 0.4) is 0 Å².